The first-order valence-corrected chi connectivity index (χ1v) is 7.56. The van der Waals surface area contributed by atoms with Gasteiger partial charge in [-0.1, -0.05) is 30.3 Å². The van der Waals surface area contributed by atoms with Crippen LogP contribution in [0.5, 0.6) is 0 Å². The highest BCUT2D eigenvalue weighted by Crippen LogP contribution is 2.21. The molecule has 2 aromatic rings. The van der Waals surface area contributed by atoms with Crippen molar-refractivity contribution in [3.8, 4) is 0 Å². The van der Waals surface area contributed by atoms with Crippen LogP contribution in [0.1, 0.15) is 12.5 Å². The molecule has 3 nitrogen and oxygen atoms in total. The molecule has 0 saturated carbocycles. The van der Waals surface area contributed by atoms with Gasteiger partial charge in [-0.25, -0.2) is 0 Å². The second-order valence-corrected chi connectivity index (χ2v) is 5.63. The Morgan fingerprint density at radius 3 is 2.25 bits per heavy atom. The smallest absolute Gasteiger partial charge is 0.248 e. The lowest BCUT2D eigenvalue weighted by Crippen LogP contribution is -2.45. The summed E-state index contributed by atoms with van der Waals surface area (Å²) < 4.78 is 0. The molecule has 0 spiro atoms. The number of hydrogen-bond donors (Lipinski definition) is 2. The third-order valence-electron chi connectivity index (χ3n) is 3.19. The van der Waals surface area contributed by atoms with E-state index in [1.807, 2.05) is 60.9 Å². The third kappa shape index (κ3) is 3.21. The molecular weight excluding hydrogens is 268 g/mol. The predicted molar refractivity (Wildman–Crippen MR) is 84.8 cm³/mol. The number of nitrogens with two attached hydrogens (primary N) is 1. The van der Waals surface area contributed by atoms with Gasteiger partial charge >= 0.3 is 0 Å². The number of thioether (sulfide) groups is 1. The van der Waals surface area contributed by atoms with Crippen LogP contribution < -0.4 is 11.1 Å². The van der Waals surface area contributed by atoms with Gasteiger partial charge in [0, 0.05) is 10.6 Å². The highest BCUT2D eigenvalue weighted by molar-refractivity contribution is 7.98. The van der Waals surface area contributed by atoms with Crippen molar-refractivity contribution in [2.75, 3.05) is 11.6 Å². The van der Waals surface area contributed by atoms with Crippen molar-refractivity contribution < 1.29 is 4.79 Å². The maximum atomic E-state index is 12.3. The van der Waals surface area contributed by atoms with E-state index in [0.717, 1.165) is 16.1 Å². The SMILES string of the molecule is CSc1ccc(NC(=O)C(C)(N)c2ccccc2)cc1. The van der Waals surface area contributed by atoms with E-state index in [-0.39, 0.29) is 5.91 Å². The van der Waals surface area contributed by atoms with Crippen LogP contribution in [0.3, 0.4) is 0 Å². The zero-order valence-corrected chi connectivity index (χ0v) is 12.4. The summed E-state index contributed by atoms with van der Waals surface area (Å²) in [4.78, 5) is 13.5. The minimum absolute atomic E-state index is 0.222. The van der Waals surface area contributed by atoms with Gasteiger partial charge in [0.05, 0.1) is 0 Å². The van der Waals surface area contributed by atoms with E-state index >= 15 is 0 Å². The van der Waals surface area contributed by atoms with Crippen LogP contribution in [0.25, 0.3) is 0 Å². The number of carbonyl (C=O) groups excluding carboxylic acids is 1. The lowest BCUT2D eigenvalue weighted by molar-refractivity contribution is -0.120. The molecule has 0 fully saturated rings. The van der Waals surface area contributed by atoms with E-state index in [9.17, 15) is 4.79 Å². The molecule has 0 saturated heterocycles. The van der Waals surface area contributed by atoms with Gasteiger partial charge in [-0.05, 0) is 43.0 Å². The lowest BCUT2D eigenvalue weighted by atomic mass is 9.92. The monoisotopic (exact) mass is 286 g/mol. The Labute approximate surface area is 123 Å². The minimum atomic E-state index is -1.06. The van der Waals surface area contributed by atoms with Crippen LogP contribution in [-0.4, -0.2) is 12.2 Å². The first kappa shape index (κ1) is 14.6. The second-order valence-electron chi connectivity index (χ2n) is 4.75. The predicted octanol–water partition coefficient (Wildman–Crippen LogP) is 3.22. The molecule has 2 rings (SSSR count). The number of carbonyl (C=O) groups is 1. The maximum absolute atomic E-state index is 12.3. The standard InChI is InChI=1S/C16H18N2OS/c1-16(17,12-6-4-3-5-7-12)15(19)18-13-8-10-14(20-2)11-9-13/h3-11H,17H2,1-2H3,(H,18,19). The van der Waals surface area contributed by atoms with Gasteiger partial charge in [-0.2, -0.15) is 0 Å². The molecule has 4 heteroatoms. The maximum Gasteiger partial charge on any atom is 0.248 e. The normalized spacial score (nSPS) is 13.6. The molecule has 20 heavy (non-hydrogen) atoms. The van der Waals surface area contributed by atoms with Crippen molar-refractivity contribution >= 4 is 23.4 Å². The zero-order valence-electron chi connectivity index (χ0n) is 11.6. The first-order chi connectivity index (χ1) is 9.54. The van der Waals surface area contributed by atoms with Crippen molar-refractivity contribution in [1.82, 2.24) is 0 Å². The zero-order chi connectivity index (χ0) is 14.6. The van der Waals surface area contributed by atoms with Crippen LogP contribution in [-0.2, 0) is 10.3 Å². The molecule has 1 unspecified atom stereocenters. The van der Waals surface area contributed by atoms with Crippen LogP contribution in [0.4, 0.5) is 5.69 Å². The van der Waals surface area contributed by atoms with Crippen LogP contribution in [0.2, 0.25) is 0 Å². The largest absolute Gasteiger partial charge is 0.324 e. The van der Waals surface area contributed by atoms with Crippen molar-refractivity contribution in [3.05, 3.63) is 60.2 Å². The van der Waals surface area contributed by atoms with E-state index in [1.54, 1.807) is 18.7 Å². The number of rotatable bonds is 4. The molecule has 104 valence electrons. The van der Waals surface area contributed by atoms with Crippen molar-refractivity contribution in [2.24, 2.45) is 5.73 Å². The lowest BCUT2D eigenvalue weighted by Gasteiger charge is -2.24. The fraction of sp³-hybridized carbons (Fsp3) is 0.188. The molecule has 2 aromatic carbocycles. The van der Waals surface area contributed by atoms with Gasteiger partial charge in [0.25, 0.3) is 0 Å². The molecular formula is C16H18N2OS. The van der Waals surface area contributed by atoms with Gasteiger partial charge in [-0.3, -0.25) is 4.79 Å². The quantitative estimate of drug-likeness (QED) is 0.849. The van der Waals surface area contributed by atoms with Gasteiger partial charge in [0.2, 0.25) is 5.91 Å². The molecule has 0 aliphatic carbocycles. The minimum Gasteiger partial charge on any atom is -0.324 e. The summed E-state index contributed by atoms with van der Waals surface area (Å²) in [6.07, 6.45) is 2.01. The summed E-state index contributed by atoms with van der Waals surface area (Å²) in [5, 5.41) is 2.86. The average molecular weight is 286 g/mol. The van der Waals surface area contributed by atoms with E-state index in [4.69, 9.17) is 5.73 Å². The molecule has 0 bridgehead atoms. The van der Waals surface area contributed by atoms with E-state index in [2.05, 4.69) is 5.32 Å². The average Bonchev–Trinajstić information content (AvgIpc) is 2.49. The van der Waals surface area contributed by atoms with E-state index in [0.29, 0.717) is 0 Å². The Morgan fingerprint density at radius 2 is 1.70 bits per heavy atom. The third-order valence-corrected chi connectivity index (χ3v) is 3.94. The summed E-state index contributed by atoms with van der Waals surface area (Å²) in [5.74, 6) is -0.222. The first-order valence-electron chi connectivity index (χ1n) is 6.34. The number of nitrogens with one attached hydrogen (secondary N) is 1. The molecule has 1 atom stereocenters. The molecule has 0 radical (unpaired) electrons. The number of hydrogen-bond acceptors (Lipinski definition) is 3. The Hall–Kier alpha value is -1.78. The molecule has 0 aliphatic heterocycles. The molecule has 0 aromatic heterocycles. The van der Waals surface area contributed by atoms with Crippen molar-refractivity contribution in [3.63, 3.8) is 0 Å². The van der Waals surface area contributed by atoms with Gasteiger partial charge in [0.15, 0.2) is 0 Å². The van der Waals surface area contributed by atoms with Crippen LogP contribution >= 0.6 is 11.8 Å². The van der Waals surface area contributed by atoms with Crippen molar-refractivity contribution in [1.29, 1.82) is 0 Å². The number of benzene rings is 2. The summed E-state index contributed by atoms with van der Waals surface area (Å²) in [5.41, 5.74) is 6.65. The van der Waals surface area contributed by atoms with Gasteiger partial charge in [0.1, 0.15) is 5.54 Å². The summed E-state index contributed by atoms with van der Waals surface area (Å²) in [6, 6.07) is 17.1. The Bertz CT molecular complexity index is 579. The molecule has 1 amide bonds. The summed E-state index contributed by atoms with van der Waals surface area (Å²) in [6.45, 7) is 1.72. The Morgan fingerprint density at radius 1 is 1.10 bits per heavy atom. The topological polar surface area (TPSA) is 55.1 Å². The van der Waals surface area contributed by atoms with Crippen LogP contribution in [0.15, 0.2) is 59.5 Å². The number of anilines is 1. The summed E-state index contributed by atoms with van der Waals surface area (Å²) in [7, 11) is 0. The highest BCUT2D eigenvalue weighted by Gasteiger charge is 2.30. The Balaban J connectivity index is 2.14. The second kappa shape index (κ2) is 6.11. The van der Waals surface area contributed by atoms with E-state index < -0.39 is 5.54 Å². The number of amides is 1. The highest BCUT2D eigenvalue weighted by atomic mass is 32.2. The fourth-order valence-electron chi connectivity index (χ4n) is 1.85. The van der Waals surface area contributed by atoms with Gasteiger partial charge in [-0.15, -0.1) is 11.8 Å². The molecule has 3 N–H and O–H groups in total. The molecule has 0 aliphatic rings. The van der Waals surface area contributed by atoms with E-state index in [1.165, 1.54) is 0 Å². The van der Waals surface area contributed by atoms with Gasteiger partial charge < -0.3 is 11.1 Å². The summed E-state index contributed by atoms with van der Waals surface area (Å²) >= 11 is 1.66. The molecule has 0 heterocycles. The Kier molecular flexibility index (Phi) is 4.47. The fourth-order valence-corrected chi connectivity index (χ4v) is 2.26. The van der Waals surface area contributed by atoms with Crippen LogP contribution in [0, 0.1) is 0 Å². The van der Waals surface area contributed by atoms with Crippen molar-refractivity contribution in [2.45, 2.75) is 17.4 Å².